The van der Waals surface area contributed by atoms with E-state index >= 15 is 0 Å². The van der Waals surface area contributed by atoms with Gasteiger partial charge in [-0.15, -0.1) is 0 Å². The maximum atomic E-state index is 11.5. The van der Waals surface area contributed by atoms with Crippen molar-refractivity contribution in [3.63, 3.8) is 0 Å². The van der Waals surface area contributed by atoms with Crippen LogP contribution in [0.25, 0.3) is 0 Å². The van der Waals surface area contributed by atoms with Crippen molar-refractivity contribution < 1.29 is 19.5 Å². The quantitative estimate of drug-likeness (QED) is 0.679. The standard InChI is InChI=1S/C13H15BrN2O4/c14-10-3-1-2-9(6-10)4-5-11(17)15-7-12(18)16-8-13(19)20/h1-3,6H,4-5,7-8H2,(H,15,17)(H,16,18)(H,19,20). The normalized spacial score (nSPS) is 9.85. The monoisotopic (exact) mass is 342 g/mol. The first-order chi connectivity index (χ1) is 9.47. The second-order valence-corrected chi connectivity index (χ2v) is 4.99. The van der Waals surface area contributed by atoms with Crippen molar-refractivity contribution in [1.82, 2.24) is 10.6 Å². The van der Waals surface area contributed by atoms with Gasteiger partial charge in [0, 0.05) is 10.9 Å². The predicted molar refractivity (Wildman–Crippen MR) is 76.1 cm³/mol. The molecule has 1 aromatic rings. The summed E-state index contributed by atoms with van der Waals surface area (Å²) in [5.41, 5.74) is 1.02. The zero-order valence-corrected chi connectivity index (χ0v) is 12.3. The Kier molecular flexibility index (Phi) is 6.72. The fourth-order valence-corrected chi connectivity index (χ4v) is 1.90. The van der Waals surface area contributed by atoms with Crippen LogP contribution in [-0.2, 0) is 20.8 Å². The highest BCUT2D eigenvalue weighted by Crippen LogP contribution is 2.12. The summed E-state index contributed by atoms with van der Waals surface area (Å²) >= 11 is 3.35. The summed E-state index contributed by atoms with van der Waals surface area (Å²) in [6, 6.07) is 7.62. The van der Waals surface area contributed by atoms with E-state index in [9.17, 15) is 14.4 Å². The summed E-state index contributed by atoms with van der Waals surface area (Å²) in [7, 11) is 0. The Labute approximate surface area is 124 Å². The molecule has 0 unspecified atom stereocenters. The second kappa shape index (κ2) is 8.31. The third kappa shape index (κ3) is 6.89. The van der Waals surface area contributed by atoms with E-state index < -0.39 is 18.4 Å². The van der Waals surface area contributed by atoms with E-state index in [4.69, 9.17) is 5.11 Å². The van der Waals surface area contributed by atoms with Crippen molar-refractivity contribution in [3.8, 4) is 0 Å². The number of hydrogen-bond acceptors (Lipinski definition) is 3. The molecule has 0 aromatic heterocycles. The van der Waals surface area contributed by atoms with Crippen molar-refractivity contribution in [2.75, 3.05) is 13.1 Å². The van der Waals surface area contributed by atoms with Crippen LogP contribution in [0.15, 0.2) is 28.7 Å². The van der Waals surface area contributed by atoms with Gasteiger partial charge in [0.2, 0.25) is 11.8 Å². The van der Waals surface area contributed by atoms with Gasteiger partial charge in [0.25, 0.3) is 0 Å². The highest BCUT2D eigenvalue weighted by atomic mass is 79.9. The molecule has 0 bridgehead atoms. The molecular weight excluding hydrogens is 328 g/mol. The molecule has 0 atom stereocenters. The van der Waals surface area contributed by atoms with Gasteiger partial charge >= 0.3 is 5.97 Å². The van der Waals surface area contributed by atoms with Gasteiger partial charge in [0.1, 0.15) is 6.54 Å². The molecule has 0 aliphatic rings. The van der Waals surface area contributed by atoms with Crippen molar-refractivity contribution in [3.05, 3.63) is 34.3 Å². The van der Waals surface area contributed by atoms with Crippen LogP contribution in [0.5, 0.6) is 0 Å². The lowest BCUT2D eigenvalue weighted by Crippen LogP contribution is -2.39. The number of amides is 2. The largest absolute Gasteiger partial charge is 0.480 e. The van der Waals surface area contributed by atoms with Crippen LogP contribution >= 0.6 is 15.9 Å². The lowest BCUT2D eigenvalue weighted by Gasteiger charge is -2.05. The Morgan fingerprint density at radius 1 is 1.10 bits per heavy atom. The molecule has 1 aromatic carbocycles. The molecule has 0 spiro atoms. The molecule has 1 rings (SSSR count). The molecular formula is C13H15BrN2O4. The topological polar surface area (TPSA) is 95.5 Å². The molecule has 0 radical (unpaired) electrons. The summed E-state index contributed by atoms with van der Waals surface area (Å²) < 4.78 is 0.948. The SMILES string of the molecule is O=C(O)CNC(=O)CNC(=O)CCc1cccc(Br)c1. The van der Waals surface area contributed by atoms with Gasteiger partial charge in [0.05, 0.1) is 6.54 Å². The molecule has 0 aliphatic carbocycles. The summed E-state index contributed by atoms with van der Waals surface area (Å²) in [6.45, 7) is -0.669. The van der Waals surface area contributed by atoms with Crippen LogP contribution in [0.4, 0.5) is 0 Å². The van der Waals surface area contributed by atoms with Gasteiger partial charge in [-0.1, -0.05) is 28.1 Å². The minimum atomic E-state index is -1.13. The Hall–Kier alpha value is -1.89. The van der Waals surface area contributed by atoms with Crippen LogP contribution in [0.3, 0.4) is 0 Å². The number of carboxylic acid groups (broad SMARTS) is 1. The van der Waals surface area contributed by atoms with E-state index in [0.717, 1.165) is 10.0 Å². The summed E-state index contributed by atoms with van der Waals surface area (Å²) in [6.07, 6.45) is 0.838. The third-order valence-corrected chi connectivity index (χ3v) is 2.91. The number of carboxylic acids is 1. The molecule has 0 aliphatic heterocycles. The maximum absolute atomic E-state index is 11.5. The molecule has 2 amide bonds. The number of rotatable bonds is 7. The van der Waals surface area contributed by atoms with E-state index in [0.29, 0.717) is 6.42 Å². The zero-order valence-electron chi connectivity index (χ0n) is 10.7. The number of nitrogens with one attached hydrogen (secondary N) is 2. The summed E-state index contributed by atoms with van der Waals surface area (Å²) in [4.78, 5) is 32.9. The van der Waals surface area contributed by atoms with Crippen LogP contribution in [0.2, 0.25) is 0 Å². The van der Waals surface area contributed by atoms with Crippen molar-refractivity contribution in [2.45, 2.75) is 12.8 Å². The number of hydrogen-bond donors (Lipinski definition) is 3. The van der Waals surface area contributed by atoms with Crippen molar-refractivity contribution in [2.24, 2.45) is 0 Å². The molecule has 0 fully saturated rings. The molecule has 108 valence electrons. The van der Waals surface area contributed by atoms with E-state index in [1.807, 2.05) is 24.3 Å². The number of carbonyl (C=O) groups is 3. The Morgan fingerprint density at radius 3 is 2.45 bits per heavy atom. The molecule has 0 heterocycles. The Balaban J connectivity index is 2.23. The van der Waals surface area contributed by atoms with Crippen LogP contribution in [-0.4, -0.2) is 36.0 Å². The van der Waals surface area contributed by atoms with Gasteiger partial charge < -0.3 is 15.7 Å². The van der Waals surface area contributed by atoms with Gasteiger partial charge in [-0.2, -0.15) is 0 Å². The highest BCUT2D eigenvalue weighted by Gasteiger charge is 2.07. The first-order valence-electron chi connectivity index (χ1n) is 5.97. The lowest BCUT2D eigenvalue weighted by molar-refractivity contribution is -0.137. The van der Waals surface area contributed by atoms with Crippen molar-refractivity contribution in [1.29, 1.82) is 0 Å². The van der Waals surface area contributed by atoms with Gasteiger partial charge in [0.15, 0.2) is 0 Å². The molecule has 0 saturated carbocycles. The van der Waals surface area contributed by atoms with Crippen molar-refractivity contribution >= 4 is 33.7 Å². The Bertz CT molecular complexity index is 505. The first kappa shape index (κ1) is 16.2. The van der Waals surface area contributed by atoms with Gasteiger partial charge in [-0.25, -0.2) is 0 Å². The predicted octanol–water partition coefficient (Wildman–Crippen LogP) is 0.699. The number of benzene rings is 1. The average molecular weight is 343 g/mol. The third-order valence-electron chi connectivity index (χ3n) is 2.41. The summed E-state index contributed by atoms with van der Waals surface area (Å²) in [5, 5.41) is 13.0. The lowest BCUT2D eigenvalue weighted by atomic mass is 10.1. The van der Waals surface area contributed by atoms with Gasteiger partial charge in [-0.3, -0.25) is 14.4 Å². The molecule has 3 N–H and O–H groups in total. The minimum Gasteiger partial charge on any atom is -0.480 e. The minimum absolute atomic E-state index is 0.218. The first-order valence-corrected chi connectivity index (χ1v) is 6.76. The molecule has 7 heteroatoms. The van der Waals surface area contributed by atoms with Crippen LogP contribution < -0.4 is 10.6 Å². The van der Waals surface area contributed by atoms with Crippen LogP contribution in [0.1, 0.15) is 12.0 Å². The number of aliphatic carboxylic acids is 1. The fraction of sp³-hybridized carbons (Fsp3) is 0.308. The number of halogens is 1. The van der Waals surface area contributed by atoms with E-state index in [1.165, 1.54) is 0 Å². The second-order valence-electron chi connectivity index (χ2n) is 4.08. The molecule has 6 nitrogen and oxygen atoms in total. The average Bonchev–Trinajstić information content (AvgIpc) is 2.40. The smallest absolute Gasteiger partial charge is 0.322 e. The maximum Gasteiger partial charge on any atom is 0.322 e. The van der Waals surface area contributed by atoms with Gasteiger partial charge in [-0.05, 0) is 24.1 Å². The highest BCUT2D eigenvalue weighted by molar-refractivity contribution is 9.10. The van der Waals surface area contributed by atoms with Crippen LogP contribution in [0, 0.1) is 0 Å². The summed E-state index contributed by atoms with van der Waals surface area (Å²) in [5.74, 6) is -1.90. The van der Waals surface area contributed by atoms with E-state index in [2.05, 4.69) is 26.6 Å². The van der Waals surface area contributed by atoms with E-state index in [-0.39, 0.29) is 18.9 Å². The number of aryl methyl sites for hydroxylation is 1. The Morgan fingerprint density at radius 2 is 1.80 bits per heavy atom. The fourth-order valence-electron chi connectivity index (χ4n) is 1.45. The molecule has 20 heavy (non-hydrogen) atoms. The molecule has 0 saturated heterocycles. The zero-order chi connectivity index (χ0) is 15.0. The number of carbonyl (C=O) groups excluding carboxylic acids is 2. The van der Waals surface area contributed by atoms with E-state index in [1.54, 1.807) is 0 Å².